The third-order valence-corrected chi connectivity index (χ3v) is 6.95. The Morgan fingerprint density at radius 1 is 1.25 bits per heavy atom. The van der Waals surface area contributed by atoms with Crippen LogP contribution in [0.1, 0.15) is 25.3 Å². The van der Waals surface area contributed by atoms with Gasteiger partial charge in [0.2, 0.25) is 5.91 Å². The second kappa shape index (κ2) is 10.3. The average molecular weight is 465 g/mol. The van der Waals surface area contributed by atoms with Crippen molar-refractivity contribution in [2.24, 2.45) is 0 Å². The number of carbonyl (C=O) groups is 3. The SMILES string of the molecule is CC(=O)S[C@H]1C[C@@H](C(=O)N2CC[C@@H](N(C)C(=O)OCc3ccc([N+](=O)[O-])cc3)C2)N(C)C1. The van der Waals surface area contributed by atoms with Crippen LogP contribution in [-0.2, 0) is 20.9 Å². The maximum absolute atomic E-state index is 13.0. The summed E-state index contributed by atoms with van der Waals surface area (Å²) in [4.78, 5) is 52.4. The molecule has 2 fully saturated rings. The first-order valence-electron chi connectivity index (χ1n) is 10.4. The minimum absolute atomic E-state index is 0.0125. The lowest BCUT2D eigenvalue weighted by Gasteiger charge is -2.27. The Kier molecular flexibility index (Phi) is 7.73. The molecule has 11 heteroatoms. The zero-order valence-electron chi connectivity index (χ0n) is 18.4. The summed E-state index contributed by atoms with van der Waals surface area (Å²) in [5, 5.41) is 10.9. The molecular formula is C21H28N4O6S. The standard InChI is InChI=1S/C21H28N4O6S/c1-14(26)32-18-10-19(22(2)12-18)20(27)24-9-8-17(11-24)23(3)21(28)31-13-15-4-6-16(7-5-15)25(29)30/h4-7,17-19H,8-13H2,1-3H3/t17-,18+,19+/m1/s1. The van der Waals surface area contributed by atoms with Crippen molar-refractivity contribution in [1.82, 2.24) is 14.7 Å². The van der Waals surface area contributed by atoms with Gasteiger partial charge in [-0.05, 0) is 37.6 Å². The topological polar surface area (TPSA) is 113 Å². The van der Waals surface area contributed by atoms with E-state index in [0.717, 1.165) is 0 Å². The van der Waals surface area contributed by atoms with Gasteiger partial charge in [0.1, 0.15) is 6.61 Å². The molecule has 2 amide bonds. The molecule has 0 N–H and O–H groups in total. The van der Waals surface area contributed by atoms with E-state index in [9.17, 15) is 24.5 Å². The fourth-order valence-electron chi connectivity index (χ4n) is 4.14. The van der Waals surface area contributed by atoms with Crippen LogP contribution in [0.2, 0.25) is 0 Å². The first-order valence-corrected chi connectivity index (χ1v) is 11.3. The molecule has 10 nitrogen and oxygen atoms in total. The van der Waals surface area contributed by atoms with Crippen LogP contribution in [0.25, 0.3) is 0 Å². The van der Waals surface area contributed by atoms with E-state index in [1.807, 2.05) is 11.9 Å². The Bertz CT molecular complexity index is 880. The van der Waals surface area contributed by atoms with E-state index in [-0.39, 0.29) is 40.7 Å². The molecule has 0 radical (unpaired) electrons. The van der Waals surface area contributed by atoms with Gasteiger partial charge in [0.05, 0.1) is 17.0 Å². The van der Waals surface area contributed by atoms with Crippen LogP contribution in [0.3, 0.4) is 0 Å². The van der Waals surface area contributed by atoms with E-state index in [2.05, 4.69) is 0 Å². The molecule has 2 saturated heterocycles. The average Bonchev–Trinajstić information content (AvgIpc) is 3.37. The number of likely N-dealkylation sites (tertiary alicyclic amines) is 2. The summed E-state index contributed by atoms with van der Waals surface area (Å²) < 4.78 is 5.34. The monoisotopic (exact) mass is 464 g/mol. The van der Waals surface area contributed by atoms with Gasteiger partial charge in [-0.3, -0.25) is 24.6 Å². The molecular weight excluding hydrogens is 436 g/mol. The Hall–Kier alpha value is -2.66. The maximum atomic E-state index is 13.0. The number of benzene rings is 1. The summed E-state index contributed by atoms with van der Waals surface area (Å²) in [6.45, 7) is 3.27. The second-order valence-corrected chi connectivity index (χ2v) is 9.72. The molecule has 0 saturated carbocycles. The maximum Gasteiger partial charge on any atom is 0.410 e. The van der Waals surface area contributed by atoms with E-state index < -0.39 is 11.0 Å². The summed E-state index contributed by atoms with van der Waals surface area (Å²) in [5.74, 6) is 0.0364. The van der Waals surface area contributed by atoms with Gasteiger partial charge in [0, 0.05) is 51.0 Å². The van der Waals surface area contributed by atoms with Gasteiger partial charge in [-0.1, -0.05) is 11.8 Å². The quantitative estimate of drug-likeness (QED) is 0.465. The second-order valence-electron chi connectivity index (χ2n) is 8.24. The Morgan fingerprint density at radius 2 is 1.94 bits per heavy atom. The molecule has 3 rings (SSSR count). The lowest BCUT2D eigenvalue weighted by molar-refractivity contribution is -0.384. The van der Waals surface area contributed by atoms with Gasteiger partial charge in [-0.15, -0.1) is 0 Å². The highest BCUT2D eigenvalue weighted by Gasteiger charge is 2.40. The third kappa shape index (κ3) is 5.77. The highest BCUT2D eigenvalue weighted by atomic mass is 32.2. The fourth-order valence-corrected chi connectivity index (χ4v) is 5.20. The first-order chi connectivity index (χ1) is 15.2. The Labute approximate surface area is 191 Å². The van der Waals surface area contributed by atoms with Gasteiger partial charge >= 0.3 is 6.09 Å². The van der Waals surface area contributed by atoms with Crippen molar-refractivity contribution in [1.29, 1.82) is 0 Å². The number of likely N-dealkylation sites (N-methyl/N-ethyl adjacent to an activating group) is 2. The highest BCUT2D eigenvalue weighted by molar-refractivity contribution is 8.14. The minimum atomic E-state index is -0.501. The van der Waals surface area contributed by atoms with Crippen molar-refractivity contribution in [2.75, 3.05) is 33.7 Å². The largest absolute Gasteiger partial charge is 0.445 e. The van der Waals surface area contributed by atoms with E-state index in [4.69, 9.17) is 4.74 Å². The summed E-state index contributed by atoms with van der Waals surface area (Å²) in [7, 11) is 3.55. The van der Waals surface area contributed by atoms with Crippen molar-refractivity contribution < 1.29 is 24.0 Å². The Balaban J connectivity index is 1.48. The number of rotatable bonds is 6. The summed E-state index contributed by atoms with van der Waals surface area (Å²) in [6, 6.07) is 5.45. The van der Waals surface area contributed by atoms with Gasteiger partial charge in [0.15, 0.2) is 5.12 Å². The number of amides is 2. The molecule has 3 atom stereocenters. The highest BCUT2D eigenvalue weighted by Crippen LogP contribution is 2.29. The molecule has 0 unspecified atom stereocenters. The number of carbonyl (C=O) groups excluding carboxylic acids is 3. The summed E-state index contributed by atoms with van der Waals surface area (Å²) in [6.07, 6.45) is 0.809. The van der Waals surface area contributed by atoms with Gasteiger partial charge in [0.25, 0.3) is 5.69 Å². The minimum Gasteiger partial charge on any atom is -0.445 e. The van der Waals surface area contributed by atoms with E-state index >= 15 is 0 Å². The van der Waals surface area contributed by atoms with Crippen LogP contribution in [0.5, 0.6) is 0 Å². The van der Waals surface area contributed by atoms with Gasteiger partial charge in [-0.2, -0.15) is 0 Å². The molecule has 0 aliphatic carbocycles. The van der Waals surface area contributed by atoms with Gasteiger partial charge in [-0.25, -0.2) is 4.79 Å². The molecule has 2 aliphatic heterocycles. The number of hydrogen-bond acceptors (Lipinski definition) is 8. The molecule has 0 bridgehead atoms. The lowest BCUT2D eigenvalue weighted by atomic mass is 10.2. The van der Waals surface area contributed by atoms with Gasteiger partial charge < -0.3 is 14.5 Å². The number of non-ortho nitro benzene ring substituents is 1. The number of hydrogen-bond donors (Lipinski definition) is 0. The van der Waals surface area contributed by atoms with Crippen molar-refractivity contribution >= 4 is 34.6 Å². The summed E-state index contributed by atoms with van der Waals surface area (Å²) in [5.41, 5.74) is 0.634. The predicted molar refractivity (Wildman–Crippen MR) is 119 cm³/mol. The molecule has 0 aromatic heterocycles. The zero-order chi connectivity index (χ0) is 23.4. The van der Waals surface area contributed by atoms with E-state index in [1.54, 1.807) is 31.0 Å². The molecule has 0 spiro atoms. The lowest BCUT2D eigenvalue weighted by Crippen LogP contribution is -2.45. The fraction of sp³-hybridized carbons (Fsp3) is 0.571. The van der Waals surface area contributed by atoms with Crippen molar-refractivity contribution in [3.05, 3.63) is 39.9 Å². The first kappa shape index (κ1) is 24.0. The van der Waals surface area contributed by atoms with Crippen LogP contribution < -0.4 is 0 Å². The smallest absolute Gasteiger partial charge is 0.410 e. The normalized spacial score (nSPS) is 23.2. The molecule has 2 heterocycles. The number of nitro benzene ring substituents is 1. The van der Waals surface area contributed by atoms with E-state index in [1.165, 1.54) is 28.8 Å². The number of thioether (sulfide) groups is 1. The molecule has 174 valence electrons. The van der Waals surface area contributed by atoms with E-state index in [0.29, 0.717) is 38.0 Å². The van der Waals surface area contributed by atoms with Crippen LogP contribution in [0.15, 0.2) is 24.3 Å². The van der Waals surface area contributed by atoms with Crippen LogP contribution in [-0.4, -0.2) is 87.8 Å². The molecule has 32 heavy (non-hydrogen) atoms. The van der Waals surface area contributed by atoms with Crippen LogP contribution in [0.4, 0.5) is 10.5 Å². The number of ether oxygens (including phenoxy) is 1. The third-order valence-electron chi connectivity index (χ3n) is 5.95. The Morgan fingerprint density at radius 3 is 2.56 bits per heavy atom. The summed E-state index contributed by atoms with van der Waals surface area (Å²) >= 11 is 1.29. The van der Waals surface area contributed by atoms with Crippen LogP contribution >= 0.6 is 11.8 Å². The van der Waals surface area contributed by atoms with Crippen molar-refractivity contribution in [3.63, 3.8) is 0 Å². The molecule has 2 aliphatic rings. The number of nitro groups is 1. The number of nitrogens with zero attached hydrogens (tertiary/aromatic N) is 4. The zero-order valence-corrected chi connectivity index (χ0v) is 19.2. The predicted octanol–water partition coefficient (Wildman–Crippen LogP) is 2.12. The molecule has 1 aromatic rings. The van der Waals surface area contributed by atoms with Crippen molar-refractivity contribution in [3.8, 4) is 0 Å². The van der Waals surface area contributed by atoms with Crippen molar-refractivity contribution in [2.45, 2.75) is 43.7 Å². The molecule has 1 aromatic carbocycles. The van der Waals surface area contributed by atoms with Crippen LogP contribution in [0, 0.1) is 10.1 Å².